The monoisotopic (exact) mass is 458 g/mol. The Kier molecular flexibility index (Phi) is 7.07. The van der Waals surface area contributed by atoms with Crippen molar-refractivity contribution in [1.29, 1.82) is 0 Å². The van der Waals surface area contributed by atoms with Crippen LogP contribution in [0.3, 0.4) is 0 Å². The number of anilines is 1. The van der Waals surface area contributed by atoms with Crippen LogP contribution >= 0.6 is 0 Å². The molecule has 0 aliphatic carbocycles. The molecule has 0 aliphatic rings. The fourth-order valence-corrected chi connectivity index (χ4v) is 3.35. The lowest BCUT2D eigenvalue weighted by Gasteiger charge is -2.09. The summed E-state index contributed by atoms with van der Waals surface area (Å²) in [5.41, 5.74) is 3.89. The van der Waals surface area contributed by atoms with E-state index in [1.807, 2.05) is 42.8 Å². The molecule has 0 saturated carbocycles. The maximum atomic E-state index is 12.4. The Morgan fingerprint density at radius 1 is 0.912 bits per heavy atom. The number of benzene rings is 2. The summed E-state index contributed by atoms with van der Waals surface area (Å²) < 4.78 is 13.1. The summed E-state index contributed by atoms with van der Waals surface area (Å²) >= 11 is 0. The molecule has 174 valence electrons. The molecule has 0 spiro atoms. The number of aryl methyl sites for hydroxylation is 1. The second-order valence-corrected chi connectivity index (χ2v) is 7.71. The Bertz CT molecular complexity index is 1280. The topological polar surface area (TPSA) is 94.0 Å². The van der Waals surface area contributed by atoms with Gasteiger partial charge in [-0.2, -0.15) is 0 Å². The maximum Gasteiger partial charge on any atom is 0.251 e. The molecule has 8 heteroatoms. The molecular weight excluding hydrogens is 432 g/mol. The number of fused-ring (bicyclic) bond motifs is 1. The number of nitrogens with zero attached hydrogens (tertiary/aromatic N) is 2. The molecule has 0 bridgehead atoms. The van der Waals surface area contributed by atoms with E-state index in [4.69, 9.17) is 9.47 Å². The van der Waals surface area contributed by atoms with Crippen LogP contribution in [0.5, 0.6) is 11.5 Å². The normalized spacial score (nSPS) is 10.6. The fourth-order valence-electron chi connectivity index (χ4n) is 3.35. The molecule has 2 aromatic carbocycles. The molecule has 2 aromatic heterocycles. The lowest BCUT2D eigenvalue weighted by molar-refractivity contribution is -0.115. The molecule has 8 nitrogen and oxygen atoms in total. The fraction of sp³-hybridized carbons (Fsp3) is 0.192. The highest BCUT2D eigenvalue weighted by molar-refractivity contribution is 5.99. The van der Waals surface area contributed by atoms with E-state index in [-0.39, 0.29) is 18.4 Å². The Balaban J connectivity index is 1.24. The first kappa shape index (κ1) is 22.8. The summed E-state index contributed by atoms with van der Waals surface area (Å²) in [5.74, 6) is 0.692. The number of aromatic nitrogens is 2. The van der Waals surface area contributed by atoms with E-state index in [0.717, 1.165) is 22.7 Å². The maximum absolute atomic E-state index is 12.4. The van der Waals surface area contributed by atoms with Crippen LogP contribution in [-0.2, 0) is 11.4 Å². The standard InChI is InChI=1S/C26H26N4O4/c1-3-33-22-11-7-20(8-12-22)29-25(31)14-27-26(32)19-5-9-23(10-6-19)34-17-21-16-30-15-18(2)4-13-24(30)28-21/h4-13,15-16H,3,14,17H2,1-2H3,(H,27,32)(H,29,31). The van der Waals surface area contributed by atoms with Crippen LogP contribution in [0, 0.1) is 6.92 Å². The van der Waals surface area contributed by atoms with Crippen LogP contribution < -0.4 is 20.1 Å². The van der Waals surface area contributed by atoms with Gasteiger partial charge in [0.2, 0.25) is 5.91 Å². The van der Waals surface area contributed by atoms with E-state index in [0.29, 0.717) is 30.2 Å². The Morgan fingerprint density at radius 2 is 1.62 bits per heavy atom. The number of imidazole rings is 1. The van der Waals surface area contributed by atoms with Gasteiger partial charge in [-0.3, -0.25) is 9.59 Å². The van der Waals surface area contributed by atoms with Gasteiger partial charge >= 0.3 is 0 Å². The van der Waals surface area contributed by atoms with Crippen molar-refractivity contribution in [3.05, 3.63) is 89.9 Å². The molecule has 0 saturated heterocycles. The van der Waals surface area contributed by atoms with Gasteiger partial charge in [-0.1, -0.05) is 6.07 Å². The predicted octanol–water partition coefficient (Wildman–Crippen LogP) is 3.99. The van der Waals surface area contributed by atoms with Crippen molar-refractivity contribution < 1.29 is 19.1 Å². The predicted molar refractivity (Wildman–Crippen MR) is 129 cm³/mol. The van der Waals surface area contributed by atoms with Crippen LogP contribution in [0.15, 0.2) is 73.1 Å². The molecule has 2 N–H and O–H groups in total. The zero-order chi connectivity index (χ0) is 23.9. The smallest absolute Gasteiger partial charge is 0.251 e. The van der Waals surface area contributed by atoms with Gasteiger partial charge < -0.3 is 24.5 Å². The zero-order valence-corrected chi connectivity index (χ0v) is 19.1. The van der Waals surface area contributed by atoms with Gasteiger partial charge in [-0.15, -0.1) is 0 Å². The molecule has 0 unspecified atom stereocenters. The van der Waals surface area contributed by atoms with Crippen molar-refractivity contribution in [2.45, 2.75) is 20.5 Å². The van der Waals surface area contributed by atoms with Crippen LogP contribution in [0.2, 0.25) is 0 Å². The summed E-state index contributed by atoms with van der Waals surface area (Å²) in [4.78, 5) is 29.0. The lowest BCUT2D eigenvalue weighted by atomic mass is 10.2. The lowest BCUT2D eigenvalue weighted by Crippen LogP contribution is -2.32. The molecule has 0 fully saturated rings. The highest BCUT2D eigenvalue weighted by Crippen LogP contribution is 2.16. The van der Waals surface area contributed by atoms with Gasteiger partial charge in [0.15, 0.2) is 0 Å². The number of pyridine rings is 1. The summed E-state index contributed by atoms with van der Waals surface area (Å²) in [6, 6.07) is 17.8. The van der Waals surface area contributed by atoms with Gasteiger partial charge in [-0.25, -0.2) is 4.98 Å². The van der Waals surface area contributed by atoms with E-state index < -0.39 is 0 Å². The quantitative estimate of drug-likeness (QED) is 0.396. The number of carbonyl (C=O) groups is 2. The Labute approximate surface area is 197 Å². The highest BCUT2D eigenvalue weighted by Gasteiger charge is 2.09. The molecule has 2 heterocycles. The molecule has 0 radical (unpaired) electrons. The molecule has 4 rings (SSSR count). The third-order valence-electron chi connectivity index (χ3n) is 5.01. The highest BCUT2D eigenvalue weighted by atomic mass is 16.5. The van der Waals surface area contributed by atoms with Crippen LogP contribution in [0.1, 0.15) is 28.5 Å². The van der Waals surface area contributed by atoms with Crippen LogP contribution in [-0.4, -0.2) is 34.4 Å². The second-order valence-electron chi connectivity index (χ2n) is 7.71. The molecule has 0 atom stereocenters. The van der Waals surface area contributed by atoms with Gasteiger partial charge in [0.1, 0.15) is 23.8 Å². The van der Waals surface area contributed by atoms with Crippen molar-refractivity contribution in [3.63, 3.8) is 0 Å². The first-order valence-corrected chi connectivity index (χ1v) is 11.0. The number of hydrogen-bond acceptors (Lipinski definition) is 5. The van der Waals surface area contributed by atoms with Crippen molar-refractivity contribution in [3.8, 4) is 11.5 Å². The van der Waals surface area contributed by atoms with E-state index in [1.165, 1.54) is 0 Å². The first-order valence-electron chi connectivity index (χ1n) is 11.0. The minimum Gasteiger partial charge on any atom is -0.494 e. The van der Waals surface area contributed by atoms with E-state index in [1.54, 1.807) is 48.5 Å². The number of ether oxygens (including phenoxy) is 2. The number of rotatable bonds is 9. The van der Waals surface area contributed by atoms with Gasteiger partial charge in [0.25, 0.3) is 5.91 Å². The van der Waals surface area contributed by atoms with Gasteiger partial charge in [-0.05, 0) is 74.0 Å². The minimum atomic E-state index is -0.343. The average molecular weight is 459 g/mol. The second kappa shape index (κ2) is 10.5. The van der Waals surface area contributed by atoms with Crippen molar-refractivity contribution >= 4 is 23.1 Å². The summed E-state index contributed by atoms with van der Waals surface area (Å²) in [6.45, 7) is 4.69. The first-order chi connectivity index (χ1) is 16.5. The zero-order valence-electron chi connectivity index (χ0n) is 19.1. The number of carbonyl (C=O) groups excluding carboxylic acids is 2. The van der Waals surface area contributed by atoms with Gasteiger partial charge in [0, 0.05) is 23.6 Å². The molecular formula is C26H26N4O4. The third kappa shape index (κ3) is 5.92. The summed E-state index contributed by atoms with van der Waals surface area (Å²) in [7, 11) is 0. The minimum absolute atomic E-state index is 0.141. The third-order valence-corrected chi connectivity index (χ3v) is 5.01. The SMILES string of the molecule is CCOc1ccc(NC(=O)CNC(=O)c2ccc(OCc3cn4cc(C)ccc4n3)cc2)cc1. The van der Waals surface area contributed by atoms with Crippen molar-refractivity contribution in [1.82, 2.24) is 14.7 Å². The Hall–Kier alpha value is -4.33. The summed E-state index contributed by atoms with van der Waals surface area (Å²) in [5, 5.41) is 5.35. The largest absolute Gasteiger partial charge is 0.494 e. The van der Waals surface area contributed by atoms with E-state index >= 15 is 0 Å². The molecule has 2 amide bonds. The number of nitrogens with one attached hydrogen (secondary N) is 2. The summed E-state index contributed by atoms with van der Waals surface area (Å²) in [6.07, 6.45) is 3.94. The molecule has 34 heavy (non-hydrogen) atoms. The van der Waals surface area contributed by atoms with Crippen LogP contribution in [0.25, 0.3) is 5.65 Å². The van der Waals surface area contributed by atoms with Crippen molar-refractivity contribution in [2.24, 2.45) is 0 Å². The van der Waals surface area contributed by atoms with Crippen molar-refractivity contribution in [2.75, 3.05) is 18.5 Å². The molecule has 0 aliphatic heterocycles. The van der Waals surface area contributed by atoms with E-state index in [2.05, 4.69) is 15.6 Å². The van der Waals surface area contributed by atoms with Gasteiger partial charge in [0.05, 0.1) is 18.8 Å². The average Bonchev–Trinajstić information content (AvgIpc) is 3.25. The number of amides is 2. The molecule has 4 aromatic rings. The number of hydrogen-bond donors (Lipinski definition) is 2. The van der Waals surface area contributed by atoms with E-state index in [9.17, 15) is 9.59 Å². The Morgan fingerprint density at radius 3 is 2.35 bits per heavy atom. The van der Waals surface area contributed by atoms with Crippen LogP contribution in [0.4, 0.5) is 5.69 Å².